The predicted molar refractivity (Wildman–Crippen MR) is 124 cm³/mol. The highest BCUT2D eigenvalue weighted by atomic mass is 16.3. The molecule has 0 fully saturated rings. The Morgan fingerprint density at radius 3 is 2.13 bits per heavy atom. The highest BCUT2D eigenvalue weighted by Crippen LogP contribution is 2.18. The van der Waals surface area contributed by atoms with Crippen LogP contribution in [0.25, 0.3) is 0 Å². The maximum absolute atomic E-state index is 12.8. The SMILES string of the molecule is CC(C)CC(C)NC[C@@H](O)[C@@H](Cc1ccccc1)NC(=O)CC(C)c1ccccc1. The summed E-state index contributed by atoms with van der Waals surface area (Å²) < 4.78 is 0. The first-order chi connectivity index (χ1) is 14.3. The molecule has 2 aromatic rings. The van der Waals surface area contributed by atoms with Gasteiger partial charge < -0.3 is 15.7 Å². The Hall–Kier alpha value is -2.17. The van der Waals surface area contributed by atoms with Crippen LogP contribution >= 0.6 is 0 Å². The fraction of sp³-hybridized carbons (Fsp3) is 0.500. The van der Waals surface area contributed by atoms with Crippen LogP contribution in [0.1, 0.15) is 57.6 Å². The maximum Gasteiger partial charge on any atom is 0.220 e. The molecule has 3 N–H and O–H groups in total. The number of aliphatic hydroxyl groups is 1. The Balaban J connectivity index is 1.98. The first kappa shape index (κ1) is 24.1. The second-order valence-electron chi connectivity index (χ2n) is 8.89. The summed E-state index contributed by atoms with van der Waals surface area (Å²) in [5, 5.41) is 17.4. The highest BCUT2D eigenvalue weighted by Gasteiger charge is 2.23. The van der Waals surface area contributed by atoms with Gasteiger partial charge in [-0.2, -0.15) is 0 Å². The van der Waals surface area contributed by atoms with E-state index in [-0.39, 0.29) is 17.9 Å². The van der Waals surface area contributed by atoms with Gasteiger partial charge in [-0.3, -0.25) is 4.79 Å². The Labute approximate surface area is 182 Å². The molecule has 1 amide bonds. The van der Waals surface area contributed by atoms with Gasteiger partial charge in [0.1, 0.15) is 0 Å². The van der Waals surface area contributed by atoms with E-state index in [0.717, 1.165) is 17.5 Å². The van der Waals surface area contributed by atoms with E-state index in [9.17, 15) is 9.90 Å². The summed E-state index contributed by atoms with van der Waals surface area (Å²) in [7, 11) is 0. The average molecular weight is 411 g/mol. The van der Waals surface area contributed by atoms with Crippen LogP contribution in [0.2, 0.25) is 0 Å². The van der Waals surface area contributed by atoms with E-state index >= 15 is 0 Å². The molecule has 0 bridgehead atoms. The van der Waals surface area contributed by atoms with Crippen LogP contribution in [0, 0.1) is 5.92 Å². The number of aliphatic hydroxyl groups excluding tert-OH is 1. The molecule has 0 aliphatic heterocycles. The van der Waals surface area contributed by atoms with Crippen LogP contribution in [0.4, 0.5) is 0 Å². The summed E-state index contributed by atoms with van der Waals surface area (Å²) in [6.07, 6.45) is 1.40. The van der Waals surface area contributed by atoms with Crippen molar-refractivity contribution in [3.8, 4) is 0 Å². The lowest BCUT2D eigenvalue weighted by atomic mass is 9.96. The molecule has 0 aliphatic carbocycles. The molecule has 0 heterocycles. The highest BCUT2D eigenvalue weighted by molar-refractivity contribution is 5.77. The number of hydrogen-bond donors (Lipinski definition) is 3. The van der Waals surface area contributed by atoms with Crippen molar-refractivity contribution >= 4 is 5.91 Å². The second kappa shape index (κ2) is 12.5. The summed E-state index contributed by atoms with van der Waals surface area (Å²) >= 11 is 0. The third kappa shape index (κ3) is 8.68. The zero-order valence-corrected chi connectivity index (χ0v) is 18.8. The van der Waals surface area contributed by atoms with E-state index in [4.69, 9.17) is 0 Å². The summed E-state index contributed by atoms with van der Waals surface area (Å²) in [6.45, 7) is 9.05. The number of hydrogen-bond acceptors (Lipinski definition) is 3. The Kier molecular flexibility index (Phi) is 10.0. The fourth-order valence-corrected chi connectivity index (χ4v) is 3.85. The number of nitrogens with one attached hydrogen (secondary N) is 2. The molecule has 2 unspecified atom stereocenters. The molecule has 4 nitrogen and oxygen atoms in total. The van der Waals surface area contributed by atoms with E-state index in [2.05, 4.69) is 38.3 Å². The zero-order chi connectivity index (χ0) is 21.9. The topological polar surface area (TPSA) is 61.4 Å². The van der Waals surface area contributed by atoms with Crippen LogP contribution < -0.4 is 10.6 Å². The van der Waals surface area contributed by atoms with Crippen molar-refractivity contribution in [2.75, 3.05) is 6.54 Å². The standard InChI is InChI=1S/C26H38N2O2/c1-19(2)15-21(4)27-18-25(29)24(17-22-11-7-5-8-12-22)28-26(30)16-20(3)23-13-9-6-10-14-23/h5-14,19-21,24-25,27,29H,15-18H2,1-4H3,(H,28,30)/t20?,21?,24-,25-/m1/s1. The van der Waals surface area contributed by atoms with Crippen molar-refractivity contribution < 1.29 is 9.90 Å². The molecule has 0 aromatic heterocycles. The van der Waals surface area contributed by atoms with Crippen LogP contribution in [-0.2, 0) is 11.2 Å². The van der Waals surface area contributed by atoms with Gasteiger partial charge in [-0.05, 0) is 42.7 Å². The van der Waals surface area contributed by atoms with Crippen molar-refractivity contribution in [2.24, 2.45) is 5.92 Å². The molecule has 0 aliphatic rings. The molecule has 0 spiro atoms. The van der Waals surface area contributed by atoms with Gasteiger partial charge >= 0.3 is 0 Å². The molecular formula is C26H38N2O2. The van der Waals surface area contributed by atoms with Crippen molar-refractivity contribution in [3.05, 3.63) is 71.8 Å². The average Bonchev–Trinajstić information content (AvgIpc) is 2.72. The molecule has 2 aromatic carbocycles. The van der Waals surface area contributed by atoms with Gasteiger partial charge in [-0.1, -0.05) is 81.4 Å². The Morgan fingerprint density at radius 2 is 1.53 bits per heavy atom. The lowest BCUT2D eigenvalue weighted by Crippen LogP contribution is -2.50. The summed E-state index contributed by atoms with van der Waals surface area (Å²) in [5.41, 5.74) is 2.25. The van der Waals surface area contributed by atoms with Crippen molar-refractivity contribution in [2.45, 2.75) is 71.1 Å². The summed E-state index contributed by atoms with van der Waals surface area (Å²) in [4.78, 5) is 12.8. The third-order valence-electron chi connectivity index (χ3n) is 5.47. The van der Waals surface area contributed by atoms with E-state index in [1.54, 1.807) is 0 Å². The normalized spacial score (nSPS) is 15.4. The molecule has 164 valence electrons. The number of carbonyl (C=O) groups excluding carboxylic acids is 1. The molecule has 4 atom stereocenters. The number of benzene rings is 2. The van der Waals surface area contributed by atoms with Crippen molar-refractivity contribution in [1.82, 2.24) is 10.6 Å². The smallest absolute Gasteiger partial charge is 0.220 e. The first-order valence-corrected chi connectivity index (χ1v) is 11.1. The van der Waals surface area contributed by atoms with E-state index in [0.29, 0.717) is 31.3 Å². The molecule has 2 rings (SSSR count). The van der Waals surface area contributed by atoms with E-state index in [1.807, 2.05) is 60.7 Å². The van der Waals surface area contributed by atoms with Crippen LogP contribution in [0.5, 0.6) is 0 Å². The zero-order valence-electron chi connectivity index (χ0n) is 18.8. The van der Waals surface area contributed by atoms with E-state index in [1.165, 1.54) is 0 Å². The molecule has 30 heavy (non-hydrogen) atoms. The van der Waals surface area contributed by atoms with Gasteiger partial charge in [0.2, 0.25) is 5.91 Å². The van der Waals surface area contributed by atoms with Gasteiger partial charge in [-0.25, -0.2) is 0 Å². The minimum atomic E-state index is -0.657. The van der Waals surface area contributed by atoms with Gasteiger partial charge in [0.25, 0.3) is 0 Å². The number of amides is 1. The summed E-state index contributed by atoms with van der Waals surface area (Å²) in [5.74, 6) is 0.704. The quantitative estimate of drug-likeness (QED) is 0.489. The number of rotatable bonds is 12. The summed E-state index contributed by atoms with van der Waals surface area (Å²) in [6, 6.07) is 20.1. The third-order valence-corrected chi connectivity index (χ3v) is 5.47. The molecule has 0 saturated heterocycles. The molecule has 0 radical (unpaired) electrons. The Bertz CT molecular complexity index is 733. The predicted octanol–water partition coefficient (Wildman–Crippen LogP) is 4.29. The van der Waals surface area contributed by atoms with Crippen LogP contribution in [0.15, 0.2) is 60.7 Å². The maximum atomic E-state index is 12.8. The first-order valence-electron chi connectivity index (χ1n) is 11.1. The largest absolute Gasteiger partial charge is 0.390 e. The minimum Gasteiger partial charge on any atom is -0.390 e. The van der Waals surface area contributed by atoms with Gasteiger partial charge in [0.15, 0.2) is 0 Å². The Morgan fingerprint density at radius 1 is 0.933 bits per heavy atom. The van der Waals surface area contributed by atoms with Crippen molar-refractivity contribution in [1.29, 1.82) is 0 Å². The molecule has 0 saturated carbocycles. The van der Waals surface area contributed by atoms with Crippen LogP contribution in [0.3, 0.4) is 0 Å². The molecule has 4 heteroatoms. The van der Waals surface area contributed by atoms with Crippen LogP contribution in [-0.4, -0.2) is 35.7 Å². The lowest BCUT2D eigenvalue weighted by Gasteiger charge is -2.27. The van der Waals surface area contributed by atoms with Gasteiger partial charge in [-0.15, -0.1) is 0 Å². The van der Waals surface area contributed by atoms with Gasteiger partial charge in [0, 0.05) is 19.0 Å². The van der Waals surface area contributed by atoms with E-state index < -0.39 is 6.10 Å². The second-order valence-corrected chi connectivity index (χ2v) is 8.89. The molecular weight excluding hydrogens is 372 g/mol. The van der Waals surface area contributed by atoms with Gasteiger partial charge in [0.05, 0.1) is 12.1 Å². The fourth-order valence-electron chi connectivity index (χ4n) is 3.85. The monoisotopic (exact) mass is 410 g/mol. The lowest BCUT2D eigenvalue weighted by molar-refractivity contribution is -0.123. The number of carbonyl (C=O) groups is 1. The van der Waals surface area contributed by atoms with Crippen molar-refractivity contribution in [3.63, 3.8) is 0 Å². The minimum absolute atomic E-state index is 0.0263.